The Balaban J connectivity index is 2.30. The summed E-state index contributed by atoms with van der Waals surface area (Å²) in [4.78, 5) is 0. The van der Waals surface area contributed by atoms with Crippen LogP contribution in [0.3, 0.4) is 0 Å². The van der Waals surface area contributed by atoms with Crippen molar-refractivity contribution in [2.24, 2.45) is 0 Å². The highest BCUT2D eigenvalue weighted by atomic mass is 16.5. The predicted octanol–water partition coefficient (Wildman–Crippen LogP) is 4.23. The molecule has 0 fully saturated rings. The summed E-state index contributed by atoms with van der Waals surface area (Å²) in [6.45, 7) is 1.96. The van der Waals surface area contributed by atoms with Gasteiger partial charge < -0.3 is 19.3 Å². The van der Waals surface area contributed by atoms with E-state index in [1.807, 2.05) is 37.3 Å². The maximum atomic E-state index is 9.58. The summed E-state index contributed by atoms with van der Waals surface area (Å²) >= 11 is 0. The van der Waals surface area contributed by atoms with E-state index in [4.69, 9.17) is 14.2 Å². The van der Waals surface area contributed by atoms with Gasteiger partial charge in [0.2, 0.25) is 0 Å². The normalized spacial score (nSPS) is 10.6. The van der Waals surface area contributed by atoms with Gasteiger partial charge in [-0.05, 0) is 36.8 Å². The molecule has 0 aromatic heterocycles. The minimum absolute atomic E-state index is 0.0697. The SMILES string of the molecule is CC=Cc1ccc(Oc2ccc(O)c(OC)c2)c(OC)c1. The summed E-state index contributed by atoms with van der Waals surface area (Å²) in [5, 5.41) is 9.58. The molecule has 0 aliphatic rings. The number of allylic oxidation sites excluding steroid dienone is 1. The monoisotopic (exact) mass is 286 g/mol. The van der Waals surface area contributed by atoms with Crippen LogP contribution in [-0.4, -0.2) is 19.3 Å². The number of rotatable bonds is 5. The Bertz CT molecular complexity index is 647. The first kappa shape index (κ1) is 14.8. The van der Waals surface area contributed by atoms with Gasteiger partial charge in [0.15, 0.2) is 23.0 Å². The van der Waals surface area contributed by atoms with Crippen LogP contribution in [0.15, 0.2) is 42.5 Å². The third-order valence-corrected chi connectivity index (χ3v) is 2.93. The lowest BCUT2D eigenvalue weighted by atomic mass is 10.2. The number of phenols is 1. The fraction of sp³-hybridized carbons (Fsp3) is 0.176. The Hall–Kier alpha value is -2.62. The molecule has 2 aromatic rings. The summed E-state index contributed by atoms with van der Waals surface area (Å²) in [5.74, 6) is 2.22. The molecular formula is C17H18O4. The summed E-state index contributed by atoms with van der Waals surface area (Å²) in [7, 11) is 3.09. The molecule has 0 aliphatic carbocycles. The molecule has 1 N–H and O–H groups in total. The first-order valence-electron chi connectivity index (χ1n) is 6.53. The molecule has 0 saturated heterocycles. The lowest BCUT2D eigenvalue weighted by molar-refractivity contribution is 0.363. The summed E-state index contributed by atoms with van der Waals surface area (Å²) in [6.07, 6.45) is 3.94. The van der Waals surface area contributed by atoms with Crippen molar-refractivity contribution in [3.63, 3.8) is 0 Å². The summed E-state index contributed by atoms with van der Waals surface area (Å²) in [5.41, 5.74) is 1.03. The first-order valence-corrected chi connectivity index (χ1v) is 6.53. The Kier molecular flexibility index (Phi) is 4.72. The van der Waals surface area contributed by atoms with E-state index < -0.39 is 0 Å². The van der Waals surface area contributed by atoms with Crippen molar-refractivity contribution in [2.75, 3.05) is 14.2 Å². The van der Waals surface area contributed by atoms with E-state index in [0.29, 0.717) is 23.0 Å². The van der Waals surface area contributed by atoms with Crippen molar-refractivity contribution >= 4 is 6.08 Å². The molecule has 0 radical (unpaired) electrons. The van der Waals surface area contributed by atoms with Gasteiger partial charge in [-0.15, -0.1) is 0 Å². The van der Waals surface area contributed by atoms with Gasteiger partial charge in [0.05, 0.1) is 14.2 Å². The van der Waals surface area contributed by atoms with Gasteiger partial charge in [-0.1, -0.05) is 18.2 Å². The zero-order valence-electron chi connectivity index (χ0n) is 12.3. The maximum absolute atomic E-state index is 9.58. The molecule has 0 unspecified atom stereocenters. The van der Waals surface area contributed by atoms with E-state index in [1.54, 1.807) is 19.2 Å². The number of hydrogen-bond donors (Lipinski definition) is 1. The van der Waals surface area contributed by atoms with Crippen LogP contribution in [0.2, 0.25) is 0 Å². The van der Waals surface area contributed by atoms with Gasteiger partial charge in [-0.3, -0.25) is 0 Å². The fourth-order valence-electron chi connectivity index (χ4n) is 1.91. The van der Waals surface area contributed by atoms with Crippen molar-refractivity contribution in [3.8, 4) is 28.7 Å². The van der Waals surface area contributed by atoms with Gasteiger partial charge in [0.25, 0.3) is 0 Å². The number of hydrogen-bond acceptors (Lipinski definition) is 4. The highest BCUT2D eigenvalue weighted by molar-refractivity contribution is 5.56. The molecule has 0 saturated carbocycles. The lowest BCUT2D eigenvalue weighted by Crippen LogP contribution is -1.92. The van der Waals surface area contributed by atoms with Crippen molar-refractivity contribution in [2.45, 2.75) is 6.92 Å². The third-order valence-electron chi connectivity index (χ3n) is 2.93. The smallest absolute Gasteiger partial charge is 0.169 e. The molecule has 2 aromatic carbocycles. The van der Waals surface area contributed by atoms with Crippen molar-refractivity contribution in [1.82, 2.24) is 0 Å². The van der Waals surface area contributed by atoms with E-state index in [9.17, 15) is 5.11 Å². The van der Waals surface area contributed by atoms with Crippen LogP contribution in [-0.2, 0) is 0 Å². The molecule has 0 aliphatic heterocycles. The molecule has 110 valence electrons. The summed E-state index contributed by atoms with van der Waals surface area (Å²) < 4.78 is 16.2. The minimum Gasteiger partial charge on any atom is -0.504 e. The second kappa shape index (κ2) is 6.70. The maximum Gasteiger partial charge on any atom is 0.169 e. The molecular weight excluding hydrogens is 268 g/mol. The van der Waals surface area contributed by atoms with Gasteiger partial charge in [0.1, 0.15) is 5.75 Å². The highest BCUT2D eigenvalue weighted by Crippen LogP contribution is 2.36. The molecule has 21 heavy (non-hydrogen) atoms. The lowest BCUT2D eigenvalue weighted by Gasteiger charge is -2.12. The van der Waals surface area contributed by atoms with Crippen LogP contribution in [0.25, 0.3) is 6.08 Å². The third kappa shape index (κ3) is 3.48. The average molecular weight is 286 g/mol. The second-order valence-corrected chi connectivity index (χ2v) is 4.35. The van der Waals surface area contributed by atoms with Gasteiger partial charge in [-0.2, -0.15) is 0 Å². The topological polar surface area (TPSA) is 47.9 Å². The second-order valence-electron chi connectivity index (χ2n) is 4.35. The van der Waals surface area contributed by atoms with Crippen LogP contribution in [0.1, 0.15) is 12.5 Å². The van der Waals surface area contributed by atoms with E-state index in [0.717, 1.165) is 5.56 Å². The molecule has 0 bridgehead atoms. The van der Waals surface area contributed by atoms with E-state index >= 15 is 0 Å². The number of ether oxygens (including phenoxy) is 3. The van der Waals surface area contributed by atoms with Crippen LogP contribution >= 0.6 is 0 Å². The predicted molar refractivity (Wildman–Crippen MR) is 82.4 cm³/mol. The fourth-order valence-corrected chi connectivity index (χ4v) is 1.91. The molecule has 0 spiro atoms. The molecule has 2 rings (SSSR count). The van der Waals surface area contributed by atoms with Crippen molar-refractivity contribution < 1.29 is 19.3 Å². The van der Waals surface area contributed by atoms with Crippen LogP contribution in [0, 0.1) is 0 Å². The average Bonchev–Trinajstić information content (AvgIpc) is 2.50. The Morgan fingerprint density at radius 3 is 2.33 bits per heavy atom. The Labute approximate surface area is 124 Å². The number of benzene rings is 2. The standard InChI is InChI=1S/C17H18O4/c1-4-5-12-6-9-15(17(10-12)20-3)21-13-7-8-14(18)16(11-13)19-2/h4-11,18H,1-3H3. The molecule has 4 heteroatoms. The molecule has 0 heterocycles. The van der Waals surface area contributed by atoms with Gasteiger partial charge in [-0.25, -0.2) is 0 Å². The Morgan fingerprint density at radius 2 is 1.67 bits per heavy atom. The minimum atomic E-state index is 0.0697. The zero-order valence-corrected chi connectivity index (χ0v) is 12.3. The highest BCUT2D eigenvalue weighted by Gasteiger charge is 2.09. The van der Waals surface area contributed by atoms with Gasteiger partial charge >= 0.3 is 0 Å². The van der Waals surface area contributed by atoms with E-state index in [-0.39, 0.29) is 5.75 Å². The van der Waals surface area contributed by atoms with E-state index in [1.165, 1.54) is 13.2 Å². The van der Waals surface area contributed by atoms with Crippen molar-refractivity contribution in [3.05, 3.63) is 48.0 Å². The number of phenolic OH excluding ortho intramolecular Hbond substituents is 1. The molecule has 0 amide bonds. The quantitative estimate of drug-likeness (QED) is 0.893. The Morgan fingerprint density at radius 1 is 0.905 bits per heavy atom. The van der Waals surface area contributed by atoms with Crippen LogP contribution in [0.5, 0.6) is 28.7 Å². The number of methoxy groups -OCH3 is 2. The molecule has 0 atom stereocenters. The first-order chi connectivity index (χ1) is 10.2. The molecule has 4 nitrogen and oxygen atoms in total. The van der Waals surface area contributed by atoms with Crippen LogP contribution < -0.4 is 14.2 Å². The zero-order chi connectivity index (χ0) is 15.2. The van der Waals surface area contributed by atoms with Crippen molar-refractivity contribution in [1.29, 1.82) is 0 Å². The van der Waals surface area contributed by atoms with Gasteiger partial charge in [0, 0.05) is 6.07 Å². The number of aromatic hydroxyl groups is 1. The van der Waals surface area contributed by atoms with Crippen LogP contribution in [0.4, 0.5) is 0 Å². The van der Waals surface area contributed by atoms with E-state index in [2.05, 4.69) is 0 Å². The largest absolute Gasteiger partial charge is 0.504 e. The summed E-state index contributed by atoms with van der Waals surface area (Å²) in [6, 6.07) is 10.5.